The molecule has 0 unspecified atom stereocenters. The Bertz CT molecular complexity index is 4120. The fraction of sp³-hybridized carbons (Fsp3) is 0.0476. The van der Waals surface area contributed by atoms with Gasteiger partial charge in [-0.25, -0.2) is 0 Å². The summed E-state index contributed by atoms with van der Waals surface area (Å²) in [5.41, 5.74) is 18.3. The van der Waals surface area contributed by atoms with Crippen molar-refractivity contribution >= 4 is 76.2 Å². The zero-order valence-electron chi connectivity index (χ0n) is 35.9. The normalized spacial score (nSPS) is 13.2. The van der Waals surface area contributed by atoms with E-state index < -0.39 is 0 Å². The summed E-state index contributed by atoms with van der Waals surface area (Å²) in [6.45, 7) is 4.67. The second-order valence-corrected chi connectivity index (χ2v) is 18.4. The van der Waals surface area contributed by atoms with Gasteiger partial charge in [0.15, 0.2) is 0 Å². The van der Waals surface area contributed by atoms with E-state index in [2.05, 4.69) is 220 Å². The predicted octanol–water partition coefficient (Wildman–Crippen LogP) is 17.9. The molecule has 0 bridgehead atoms. The third-order valence-electron chi connectivity index (χ3n) is 14.4. The van der Waals surface area contributed by atoms with Gasteiger partial charge in [0.1, 0.15) is 22.3 Å². The fourth-order valence-corrected chi connectivity index (χ4v) is 11.1. The summed E-state index contributed by atoms with van der Waals surface area (Å²) in [7, 11) is 0. The number of benzene rings is 11. The van der Waals surface area contributed by atoms with Crippen molar-refractivity contribution in [3.63, 3.8) is 0 Å². The van der Waals surface area contributed by atoms with Crippen LogP contribution in [0.1, 0.15) is 25.0 Å². The molecule has 0 saturated carbocycles. The lowest BCUT2D eigenvalue weighted by Gasteiger charge is -2.22. The van der Waals surface area contributed by atoms with Gasteiger partial charge < -0.3 is 8.83 Å². The molecule has 2 nitrogen and oxygen atoms in total. The summed E-state index contributed by atoms with van der Waals surface area (Å²) in [5.74, 6) is 0. The minimum atomic E-state index is -0.0533. The lowest BCUT2D eigenvalue weighted by atomic mass is 9.81. The van der Waals surface area contributed by atoms with E-state index >= 15 is 0 Å². The number of furan rings is 2. The third kappa shape index (κ3) is 5.41. The van der Waals surface area contributed by atoms with Crippen LogP contribution >= 0.6 is 0 Å². The SMILES string of the molecule is CC1(C)c2ccccc2-c2ccc(-c3ccc4oc5cc6c(cc5c4c3)oc3ccc(-c4cccc(-c5cccc(-c7ccc8c9ccccc9c9ccccc9c8c7)c5)c4)cc36)cc21. The Morgan fingerprint density at radius 3 is 1.18 bits per heavy atom. The standard InChI is InChI=1S/C63H40O2/c1-63(2)57-20-8-7-19-50(57)51-26-22-44(34-58(51)63)43-24-28-60-54(33-43)56-36-61-55(35-62(56)65-60)53-32-42(23-27-59(53)64-61)40-14-10-12-38(30-40)37-11-9-13-39(29-37)41-21-25-49-47-17-4-3-15-45(47)46-16-5-6-18-48(46)52(49)31-41/h3-36H,1-2H3. The molecule has 13 aromatic rings. The van der Waals surface area contributed by atoms with Crippen molar-refractivity contribution in [1.82, 2.24) is 0 Å². The van der Waals surface area contributed by atoms with E-state index in [0.29, 0.717) is 0 Å². The van der Waals surface area contributed by atoms with Gasteiger partial charge >= 0.3 is 0 Å². The van der Waals surface area contributed by atoms with Gasteiger partial charge in [-0.2, -0.15) is 0 Å². The maximum atomic E-state index is 6.57. The van der Waals surface area contributed by atoms with Crippen molar-refractivity contribution in [3.8, 4) is 55.6 Å². The molecular formula is C63H40O2. The first-order valence-electron chi connectivity index (χ1n) is 22.5. The second-order valence-electron chi connectivity index (χ2n) is 18.4. The van der Waals surface area contributed by atoms with E-state index in [1.165, 1.54) is 88.0 Å². The Hall–Kier alpha value is -8.20. The summed E-state index contributed by atoms with van der Waals surface area (Å²) in [5, 5.41) is 12.0. The average Bonchev–Trinajstić information content (AvgIpc) is 3.98. The highest BCUT2D eigenvalue weighted by atomic mass is 16.3. The van der Waals surface area contributed by atoms with Gasteiger partial charge in [0.05, 0.1) is 0 Å². The Kier molecular flexibility index (Phi) is 7.49. The molecule has 0 fully saturated rings. The minimum absolute atomic E-state index is 0.0533. The summed E-state index contributed by atoms with van der Waals surface area (Å²) in [6.07, 6.45) is 0. The minimum Gasteiger partial charge on any atom is -0.456 e. The first kappa shape index (κ1) is 36.3. The largest absolute Gasteiger partial charge is 0.456 e. The molecule has 2 aromatic heterocycles. The highest BCUT2D eigenvalue weighted by molar-refractivity contribution is 6.26. The monoisotopic (exact) mass is 828 g/mol. The molecule has 14 rings (SSSR count). The quantitative estimate of drug-likeness (QED) is 0.165. The van der Waals surface area contributed by atoms with Crippen LogP contribution in [0.25, 0.3) is 132 Å². The van der Waals surface area contributed by atoms with Gasteiger partial charge in [-0.3, -0.25) is 0 Å². The number of fused-ring (bicyclic) bond motifs is 15. The van der Waals surface area contributed by atoms with E-state index in [9.17, 15) is 0 Å². The van der Waals surface area contributed by atoms with Crippen molar-refractivity contribution in [1.29, 1.82) is 0 Å². The zero-order valence-corrected chi connectivity index (χ0v) is 35.9. The molecule has 0 spiro atoms. The Morgan fingerprint density at radius 2 is 0.631 bits per heavy atom. The smallest absolute Gasteiger partial charge is 0.136 e. The third-order valence-corrected chi connectivity index (χ3v) is 14.4. The van der Waals surface area contributed by atoms with E-state index in [1.54, 1.807) is 0 Å². The molecule has 0 aliphatic heterocycles. The Balaban J connectivity index is 0.807. The van der Waals surface area contributed by atoms with Crippen molar-refractivity contribution in [2.75, 3.05) is 0 Å². The van der Waals surface area contributed by atoms with Crippen molar-refractivity contribution in [2.45, 2.75) is 19.3 Å². The van der Waals surface area contributed by atoms with Crippen LogP contribution in [0.15, 0.2) is 215 Å². The zero-order chi connectivity index (χ0) is 43.0. The van der Waals surface area contributed by atoms with Crippen LogP contribution in [0.5, 0.6) is 0 Å². The van der Waals surface area contributed by atoms with E-state index in [4.69, 9.17) is 8.83 Å². The average molecular weight is 829 g/mol. The summed E-state index contributed by atoms with van der Waals surface area (Å²) >= 11 is 0. The Labute approximate surface area is 375 Å². The van der Waals surface area contributed by atoms with Crippen molar-refractivity contribution < 1.29 is 8.83 Å². The number of rotatable bonds is 4. The molecule has 2 heterocycles. The molecule has 304 valence electrons. The van der Waals surface area contributed by atoms with Gasteiger partial charge in [0.25, 0.3) is 0 Å². The number of hydrogen-bond acceptors (Lipinski definition) is 2. The molecule has 65 heavy (non-hydrogen) atoms. The van der Waals surface area contributed by atoms with Gasteiger partial charge in [-0.1, -0.05) is 159 Å². The van der Waals surface area contributed by atoms with Crippen LogP contribution in [-0.2, 0) is 5.41 Å². The molecule has 1 aliphatic rings. The van der Waals surface area contributed by atoms with Crippen LogP contribution in [-0.4, -0.2) is 0 Å². The highest BCUT2D eigenvalue weighted by Gasteiger charge is 2.35. The molecular weight excluding hydrogens is 789 g/mol. The fourth-order valence-electron chi connectivity index (χ4n) is 11.1. The molecule has 2 heteroatoms. The van der Waals surface area contributed by atoms with Gasteiger partial charge in [-0.15, -0.1) is 0 Å². The van der Waals surface area contributed by atoms with E-state index in [-0.39, 0.29) is 5.41 Å². The predicted molar refractivity (Wildman–Crippen MR) is 273 cm³/mol. The second kappa shape index (κ2) is 13.4. The molecule has 11 aromatic carbocycles. The topological polar surface area (TPSA) is 26.3 Å². The van der Waals surface area contributed by atoms with Crippen LogP contribution in [0.3, 0.4) is 0 Å². The van der Waals surface area contributed by atoms with E-state index in [1.807, 2.05) is 0 Å². The molecule has 0 saturated heterocycles. The lowest BCUT2D eigenvalue weighted by molar-refractivity contribution is 0.660. The van der Waals surface area contributed by atoms with E-state index in [0.717, 1.165) is 55.0 Å². The number of hydrogen-bond donors (Lipinski definition) is 0. The first-order chi connectivity index (χ1) is 31.9. The van der Waals surface area contributed by atoms with Gasteiger partial charge in [-0.05, 0) is 160 Å². The molecule has 0 amide bonds. The molecule has 0 N–H and O–H groups in total. The van der Waals surface area contributed by atoms with Crippen molar-refractivity contribution in [3.05, 3.63) is 217 Å². The molecule has 0 radical (unpaired) electrons. The van der Waals surface area contributed by atoms with Crippen LogP contribution in [0.4, 0.5) is 0 Å². The maximum absolute atomic E-state index is 6.57. The highest BCUT2D eigenvalue weighted by Crippen LogP contribution is 2.50. The van der Waals surface area contributed by atoms with Crippen LogP contribution < -0.4 is 0 Å². The van der Waals surface area contributed by atoms with Crippen LogP contribution in [0.2, 0.25) is 0 Å². The van der Waals surface area contributed by atoms with Crippen LogP contribution in [0, 0.1) is 0 Å². The molecule has 0 atom stereocenters. The molecule has 1 aliphatic carbocycles. The lowest BCUT2D eigenvalue weighted by Crippen LogP contribution is -2.14. The first-order valence-corrected chi connectivity index (χ1v) is 22.5. The summed E-state index contributed by atoms with van der Waals surface area (Å²) < 4.78 is 13.1. The van der Waals surface area contributed by atoms with Gasteiger partial charge in [0, 0.05) is 27.0 Å². The van der Waals surface area contributed by atoms with Crippen molar-refractivity contribution in [2.24, 2.45) is 0 Å². The Morgan fingerprint density at radius 1 is 0.246 bits per heavy atom. The van der Waals surface area contributed by atoms with Gasteiger partial charge in [0.2, 0.25) is 0 Å². The summed E-state index contributed by atoms with van der Waals surface area (Å²) in [4.78, 5) is 0. The summed E-state index contributed by atoms with van der Waals surface area (Å²) in [6, 6.07) is 75.5. The maximum Gasteiger partial charge on any atom is 0.136 e.